The van der Waals surface area contributed by atoms with Crippen LogP contribution < -0.4 is 10.5 Å². The number of rotatable bonds is 5. The average molecular weight is 503 g/mol. The maximum absolute atomic E-state index is 12.9. The summed E-state index contributed by atoms with van der Waals surface area (Å²) in [5.74, 6) is -1.17. The van der Waals surface area contributed by atoms with E-state index in [1.165, 1.54) is 36.4 Å². The highest BCUT2D eigenvalue weighted by Crippen LogP contribution is 2.34. The number of hydrogen-bond donors (Lipinski definition) is 1. The monoisotopic (exact) mass is 503 g/mol. The molecule has 1 fully saturated rings. The van der Waals surface area contributed by atoms with Crippen LogP contribution in [0.1, 0.15) is 42.9 Å². The van der Waals surface area contributed by atoms with Crippen molar-refractivity contribution in [3.63, 3.8) is 0 Å². The van der Waals surface area contributed by atoms with Crippen LogP contribution in [0, 0.1) is 11.8 Å². The van der Waals surface area contributed by atoms with Gasteiger partial charge in [-0.15, -0.1) is 13.2 Å². The summed E-state index contributed by atoms with van der Waals surface area (Å²) >= 11 is 0. The van der Waals surface area contributed by atoms with E-state index >= 15 is 0 Å². The van der Waals surface area contributed by atoms with Crippen molar-refractivity contribution < 1.29 is 40.6 Å². The summed E-state index contributed by atoms with van der Waals surface area (Å²) in [7, 11) is 0. The third kappa shape index (κ3) is 7.88. The van der Waals surface area contributed by atoms with Crippen molar-refractivity contribution in [2.75, 3.05) is 0 Å². The van der Waals surface area contributed by atoms with E-state index in [1.54, 1.807) is 6.92 Å². The second-order valence-corrected chi connectivity index (χ2v) is 8.90. The number of benzene rings is 2. The predicted molar refractivity (Wildman–Crippen MR) is 116 cm³/mol. The van der Waals surface area contributed by atoms with Gasteiger partial charge in [0.2, 0.25) is 0 Å². The van der Waals surface area contributed by atoms with Crippen LogP contribution in [-0.2, 0) is 28.5 Å². The van der Waals surface area contributed by atoms with Gasteiger partial charge in [0.05, 0.1) is 5.56 Å². The fourth-order valence-electron chi connectivity index (χ4n) is 4.49. The van der Waals surface area contributed by atoms with Crippen molar-refractivity contribution in [1.29, 1.82) is 0 Å². The zero-order valence-corrected chi connectivity index (χ0v) is 19.0. The number of alkyl halides is 6. The summed E-state index contributed by atoms with van der Waals surface area (Å²) in [4.78, 5) is 12.3. The Morgan fingerprint density at radius 3 is 2.06 bits per heavy atom. The highest BCUT2D eigenvalue weighted by Gasteiger charge is 2.34. The smallest absolute Gasteiger partial charge is 0.461 e. The lowest BCUT2D eigenvalue weighted by Gasteiger charge is -2.31. The Bertz CT molecular complexity index is 973. The molecule has 0 spiro atoms. The molecule has 4 unspecified atom stereocenters. The number of nitrogens with two attached hydrogens (primary N) is 1. The first-order valence-electron chi connectivity index (χ1n) is 11.3. The van der Waals surface area contributed by atoms with Gasteiger partial charge in [0.15, 0.2) is 0 Å². The van der Waals surface area contributed by atoms with Crippen LogP contribution in [0.3, 0.4) is 0 Å². The zero-order chi connectivity index (χ0) is 25.8. The molecular formula is C25H27F6NO3. The minimum Gasteiger partial charge on any atom is -0.461 e. The first kappa shape index (κ1) is 26.8. The number of halogens is 6. The molecule has 0 amide bonds. The topological polar surface area (TPSA) is 61.5 Å². The lowest BCUT2D eigenvalue weighted by Crippen LogP contribution is -2.37. The average Bonchev–Trinajstić information content (AvgIpc) is 2.80. The summed E-state index contributed by atoms with van der Waals surface area (Å²) in [5, 5.41) is 0. The molecule has 1 aliphatic heterocycles. The van der Waals surface area contributed by atoms with Gasteiger partial charge in [-0.2, -0.15) is 13.2 Å². The highest BCUT2D eigenvalue weighted by atomic mass is 19.4. The third-order valence-corrected chi connectivity index (χ3v) is 6.31. The Hall–Kier alpha value is -2.75. The lowest BCUT2D eigenvalue weighted by atomic mass is 9.77. The van der Waals surface area contributed by atoms with Gasteiger partial charge in [0.1, 0.15) is 17.9 Å². The predicted octanol–water partition coefficient (Wildman–Crippen LogP) is 6.06. The Balaban J connectivity index is 1.84. The van der Waals surface area contributed by atoms with Crippen LogP contribution in [0.25, 0.3) is 0 Å². The van der Waals surface area contributed by atoms with E-state index in [4.69, 9.17) is 10.5 Å². The molecule has 10 heteroatoms. The van der Waals surface area contributed by atoms with Gasteiger partial charge in [-0.1, -0.05) is 30.7 Å². The summed E-state index contributed by atoms with van der Waals surface area (Å²) < 4.78 is 85.7. The van der Waals surface area contributed by atoms with E-state index in [9.17, 15) is 31.1 Å². The molecular weight excluding hydrogens is 476 g/mol. The quantitative estimate of drug-likeness (QED) is 0.398. The van der Waals surface area contributed by atoms with Crippen LogP contribution in [0.4, 0.5) is 26.3 Å². The van der Waals surface area contributed by atoms with Gasteiger partial charge in [-0.05, 0) is 73.9 Å². The van der Waals surface area contributed by atoms with E-state index in [0.29, 0.717) is 43.2 Å². The van der Waals surface area contributed by atoms with Gasteiger partial charge >= 0.3 is 18.5 Å². The van der Waals surface area contributed by atoms with Gasteiger partial charge < -0.3 is 15.2 Å². The molecule has 35 heavy (non-hydrogen) atoms. The maximum atomic E-state index is 12.9. The standard InChI is InChI=1S/C25H27F6NO3/c1-15-21(14-17-7-11-20(12-8-17)35-25(29,30)31)18(3-2-4-22(32)23(33)34-15)13-16-5-9-19(10-6-16)24(26,27)28/h5-12,15,18,21-22H,2-4,13-14,32H2,1H3. The normalized spacial score (nSPS) is 24.2. The molecule has 2 aromatic rings. The zero-order valence-electron chi connectivity index (χ0n) is 19.0. The maximum Gasteiger partial charge on any atom is 0.573 e. The van der Waals surface area contributed by atoms with Crippen molar-refractivity contribution in [3.8, 4) is 5.75 Å². The molecule has 4 nitrogen and oxygen atoms in total. The number of cyclic esters (lactones) is 1. The molecule has 2 aromatic carbocycles. The van der Waals surface area contributed by atoms with Crippen LogP contribution in [0.15, 0.2) is 48.5 Å². The minimum absolute atomic E-state index is 0.0639. The highest BCUT2D eigenvalue weighted by molar-refractivity contribution is 5.75. The molecule has 0 radical (unpaired) electrons. The molecule has 0 saturated carbocycles. The Morgan fingerprint density at radius 1 is 0.914 bits per heavy atom. The molecule has 0 aromatic heterocycles. The molecule has 0 aliphatic carbocycles. The second kappa shape index (κ2) is 10.9. The van der Waals surface area contributed by atoms with E-state index in [1.807, 2.05) is 0 Å². The first-order chi connectivity index (χ1) is 16.3. The summed E-state index contributed by atoms with van der Waals surface area (Å²) in [6, 6.07) is 9.67. The number of esters is 1. The Kier molecular flexibility index (Phi) is 8.35. The molecule has 1 saturated heterocycles. The van der Waals surface area contributed by atoms with Crippen LogP contribution >= 0.6 is 0 Å². The molecule has 3 rings (SSSR count). The summed E-state index contributed by atoms with van der Waals surface area (Å²) in [6.07, 6.45) is -7.23. The van der Waals surface area contributed by atoms with E-state index in [-0.39, 0.29) is 17.6 Å². The van der Waals surface area contributed by atoms with E-state index in [0.717, 1.165) is 12.1 Å². The molecule has 2 N–H and O–H groups in total. The summed E-state index contributed by atoms with van der Waals surface area (Å²) in [6.45, 7) is 1.74. The molecule has 1 aliphatic rings. The van der Waals surface area contributed by atoms with Gasteiger partial charge in [0, 0.05) is 5.92 Å². The van der Waals surface area contributed by atoms with Crippen molar-refractivity contribution in [2.24, 2.45) is 17.6 Å². The van der Waals surface area contributed by atoms with Gasteiger partial charge in [-0.3, -0.25) is 4.79 Å². The van der Waals surface area contributed by atoms with Gasteiger partial charge in [0.25, 0.3) is 0 Å². The molecule has 192 valence electrons. The first-order valence-corrected chi connectivity index (χ1v) is 11.3. The fourth-order valence-corrected chi connectivity index (χ4v) is 4.49. The second-order valence-electron chi connectivity index (χ2n) is 8.90. The van der Waals surface area contributed by atoms with Crippen molar-refractivity contribution in [1.82, 2.24) is 0 Å². The number of carbonyl (C=O) groups is 1. The van der Waals surface area contributed by atoms with Crippen LogP contribution in [-0.4, -0.2) is 24.5 Å². The van der Waals surface area contributed by atoms with Crippen molar-refractivity contribution in [2.45, 2.75) is 63.7 Å². The minimum atomic E-state index is -4.80. The number of carbonyl (C=O) groups excluding carboxylic acids is 1. The fraction of sp³-hybridized carbons (Fsp3) is 0.480. The van der Waals surface area contributed by atoms with Crippen LogP contribution in [0.2, 0.25) is 0 Å². The van der Waals surface area contributed by atoms with Crippen molar-refractivity contribution >= 4 is 5.97 Å². The number of ether oxygens (including phenoxy) is 2. The van der Waals surface area contributed by atoms with Gasteiger partial charge in [-0.25, -0.2) is 0 Å². The lowest BCUT2D eigenvalue weighted by molar-refractivity contribution is -0.274. The van der Waals surface area contributed by atoms with Crippen molar-refractivity contribution in [3.05, 3.63) is 65.2 Å². The van der Waals surface area contributed by atoms with E-state index < -0.39 is 36.2 Å². The summed E-state index contributed by atoms with van der Waals surface area (Å²) in [5.41, 5.74) is 6.61. The number of hydrogen-bond acceptors (Lipinski definition) is 4. The molecule has 0 bridgehead atoms. The Labute approximate surface area is 199 Å². The molecule has 1 heterocycles. The molecule has 4 atom stereocenters. The third-order valence-electron chi connectivity index (χ3n) is 6.31. The SMILES string of the molecule is CC1OC(=O)C(N)CCCC(Cc2ccc(C(F)(F)F)cc2)C1Cc1ccc(OC(F)(F)F)cc1. The van der Waals surface area contributed by atoms with E-state index in [2.05, 4.69) is 4.74 Å². The Morgan fingerprint density at radius 2 is 1.49 bits per heavy atom. The van der Waals surface area contributed by atoms with Crippen LogP contribution in [0.5, 0.6) is 5.75 Å². The largest absolute Gasteiger partial charge is 0.573 e.